The maximum Gasteiger partial charge on any atom is 0.245 e. The van der Waals surface area contributed by atoms with Crippen molar-refractivity contribution in [2.24, 2.45) is 0 Å². The predicted molar refractivity (Wildman–Crippen MR) is 91.6 cm³/mol. The Bertz CT molecular complexity index is 566. The summed E-state index contributed by atoms with van der Waals surface area (Å²) in [4.78, 5) is 0.136. The van der Waals surface area contributed by atoms with E-state index in [0.717, 1.165) is 0 Å². The second-order valence-corrected chi connectivity index (χ2v) is 8.16. The zero-order valence-electron chi connectivity index (χ0n) is 12.0. The Morgan fingerprint density at radius 2 is 1.71 bits per heavy atom. The van der Waals surface area contributed by atoms with E-state index in [9.17, 15) is 13.5 Å². The molecule has 0 aromatic heterocycles. The first-order valence-corrected chi connectivity index (χ1v) is 9.69. The Morgan fingerprint density at radius 1 is 1.24 bits per heavy atom. The van der Waals surface area contributed by atoms with Crippen LogP contribution in [-0.2, 0) is 10.0 Å². The van der Waals surface area contributed by atoms with Crippen molar-refractivity contribution in [3.05, 3.63) is 21.1 Å². The lowest BCUT2D eigenvalue weighted by molar-refractivity contribution is 0.219. The molecule has 120 valence electrons. The molecular formula is C13H20Br2N2O3S. The molecule has 1 aromatic rings. The molecule has 0 radical (unpaired) electrons. The lowest BCUT2D eigenvalue weighted by atomic mass is 10.2. The van der Waals surface area contributed by atoms with Crippen LogP contribution < -0.4 is 5.73 Å². The summed E-state index contributed by atoms with van der Waals surface area (Å²) in [6.45, 7) is 3.71. The van der Waals surface area contributed by atoms with Crippen LogP contribution in [0.1, 0.15) is 26.7 Å². The average Bonchev–Trinajstić information content (AvgIpc) is 2.37. The first-order chi connectivity index (χ1) is 9.79. The van der Waals surface area contributed by atoms with Crippen molar-refractivity contribution in [2.45, 2.75) is 37.6 Å². The van der Waals surface area contributed by atoms with E-state index in [4.69, 9.17) is 5.73 Å². The SMILES string of the molecule is CCC(CC)N(CCO)S(=O)(=O)c1c(Br)cc(N)cc1Br. The minimum atomic E-state index is -3.74. The van der Waals surface area contributed by atoms with Crippen LogP contribution in [-0.4, -0.2) is 37.0 Å². The highest BCUT2D eigenvalue weighted by Crippen LogP contribution is 2.35. The van der Waals surface area contributed by atoms with Gasteiger partial charge in [0.05, 0.1) is 6.61 Å². The van der Waals surface area contributed by atoms with Gasteiger partial charge < -0.3 is 10.8 Å². The van der Waals surface area contributed by atoms with Gasteiger partial charge in [0.1, 0.15) is 4.90 Å². The van der Waals surface area contributed by atoms with Gasteiger partial charge in [-0.15, -0.1) is 0 Å². The fraction of sp³-hybridized carbons (Fsp3) is 0.538. The quantitative estimate of drug-likeness (QED) is 0.634. The number of nitrogen functional groups attached to an aromatic ring is 1. The Hall–Kier alpha value is -0.150. The Labute approximate surface area is 142 Å². The van der Waals surface area contributed by atoms with E-state index in [-0.39, 0.29) is 24.1 Å². The third-order valence-electron chi connectivity index (χ3n) is 3.26. The highest BCUT2D eigenvalue weighted by atomic mass is 79.9. The summed E-state index contributed by atoms with van der Waals surface area (Å²) >= 11 is 6.54. The fourth-order valence-electron chi connectivity index (χ4n) is 2.24. The molecule has 0 spiro atoms. The topological polar surface area (TPSA) is 83.6 Å². The molecule has 0 saturated carbocycles. The van der Waals surface area contributed by atoms with E-state index in [1.165, 1.54) is 4.31 Å². The third kappa shape index (κ3) is 4.19. The Kier molecular flexibility index (Phi) is 7.12. The van der Waals surface area contributed by atoms with Gasteiger partial charge in [-0.3, -0.25) is 0 Å². The molecule has 0 aliphatic rings. The van der Waals surface area contributed by atoms with Crippen LogP contribution in [0.4, 0.5) is 5.69 Å². The first kappa shape index (κ1) is 18.9. The van der Waals surface area contributed by atoms with Gasteiger partial charge in [0.25, 0.3) is 0 Å². The van der Waals surface area contributed by atoms with Gasteiger partial charge in [-0.05, 0) is 56.8 Å². The summed E-state index contributed by atoms with van der Waals surface area (Å²) in [5.41, 5.74) is 6.17. The largest absolute Gasteiger partial charge is 0.399 e. The number of nitrogens with two attached hydrogens (primary N) is 1. The Balaban J connectivity index is 3.43. The molecule has 0 atom stereocenters. The molecule has 0 unspecified atom stereocenters. The molecule has 1 rings (SSSR count). The third-order valence-corrected chi connectivity index (χ3v) is 7.09. The molecule has 0 amide bonds. The number of rotatable bonds is 7. The van der Waals surface area contributed by atoms with Crippen molar-refractivity contribution in [2.75, 3.05) is 18.9 Å². The van der Waals surface area contributed by atoms with Gasteiger partial charge in [0.15, 0.2) is 0 Å². The average molecular weight is 444 g/mol. The second kappa shape index (κ2) is 7.92. The number of nitrogens with zero attached hydrogens (tertiary/aromatic N) is 1. The van der Waals surface area contributed by atoms with Gasteiger partial charge in [-0.1, -0.05) is 13.8 Å². The monoisotopic (exact) mass is 442 g/mol. The number of hydrogen-bond acceptors (Lipinski definition) is 4. The van der Waals surface area contributed by atoms with Crippen molar-refractivity contribution < 1.29 is 13.5 Å². The normalized spacial score (nSPS) is 12.3. The highest BCUT2D eigenvalue weighted by Gasteiger charge is 2.32. The first-order valence-electron chi connectivity index (χ1n) is 6.66. The molecule has 5 nitrogen and oxygen atoms in total. The summed E-state index contributed by atoms with van der Waals surface area (Å²) in [5.74, 6) is 0. The predicted octanol–water partition coefficient (Wildman–Crippen LogP) is 2.97. The molecule has 0 fully saturated rings. The number of halogens is 2. The summed E-state index contributed by atoms with van der Waals surface area (Å²) in [6.07, 6.45) is 1.36. The van der Waals surface area contributed by atoms with E-state index in [0.29, 0.717) is 27.5 Å². The van der Waals surface area contributed by atoms with Crippen molar-refractivity contribution in [1.29, 1.82) is 0 Å². The zero-order chi connectivity index (χ0) is 16.2. The molecule has 0 saturated heterocycles. The molecule has 0 heterocycles. The van der Waals surface area contributed by atoms with Crippen LogP contribution in [0.25, 0.3) is 0 Å². The Morgan fingerprint density at radius 3 is 2.10 bits per heavy atom. The smallest absolute Gasteiger partial charge is 0.245 e. The molecular weight excluding hydrogens is 424 g/mol. The minimum Gasteiger partial charge on any atom is -0.399 e. The van der Waals surface area contributed by atoms with Gasteiger partial charge in [-0.25, -0.2) is 8.42 Å². The highest BCUT2D eigenvalue weighted by molar-refractivity contribution is 9.11. The summed E-state index contributed by atoms with van der Waals surface area (Å²) in [5, 5.41) is 9.22. The van der Waals surface area contributed by atoms with Crippen LogP contribution in [0.5, 0.6) is 0 Å². The van der Waals surface area contributed by atoms with Crippen molar-refractivity contribution in [3.63, 3.8) is 0 Å². The maximum absolute atomic E-state index is 12.9. The standard InChI is InChI=1S/C13H20Br2N2O3S/c1-3-10(4-2)17(5-6-18)21(19,20)13-11(14)7-9(16)8-12(13)15/h7-8,10,18H,3-6,16H2,1-2H3. The lowest BCUT2D eigenvalue weighted by Gasteiger charge is -2.29. The molecule has 0 aliphatic carbocycles. The van der Waals surface area contributed by atoms with E-state index in [1.54, 1.807) is 12.1 Å². The molecule has 1 aromatic carbocycles. The van der Waals surface area contributed by atoms with Crippen LogP contribution in [0.2, 0.25) is 0 Å². The van der Waals surface area contributed by atoms with Crippen LogP contribution in [0, 0.1) is 0 Å². The molecule has 21 heavy (non-hydrogen) atoms. The molecule has 3 N–H and O–H groups in total. The summed E-state index contributed by atoms with van der Waals surface area (Å²) in [6, 6.07) is 2.96. The number of aliphatic hydroxyl groups is 1. The molecule has 0 bridgehead atoms. The number of aliphatic hydroxyl groups excluding tert-OH is 1. The second-order valence-electron chi connectivity index (χ2n) is 4.62. The maximum atomic E-state index is 12.9. The summed E-state index contributed by atoms with van der Waals surface area (Å²) < 4.78 is 28.1. The number of anilines is 1. The molecule has 0 aliphatic heterocycles. The van der Waals surface area contributed by atoms with Gasteiger partial charge >= 0.3 is 0 Å². The van der Waals surface area contributed by atoms with E-state index < -0.39 is 10.0 Å². The van der Waals surface area contributed by atoms with Crippen molar-refractivity contribution >= 4 is 47.6 Å². The van der Waals surface area contributed by atoms with E-state index >= 15 is 0 Å². The lowest BCUT2D eigenvalue weighted by Crippen LogP contribution is -2.41. The van der Waals surface area contributed by atoms with E-state index in [2.05, 4.69) is 31.9 Å². The van der Waals surface area contributed by atoms with Crippen LogP contribution >= 0.6 is 31.9 Å². The fourth-order valence-corrected chi connectivity index (χ4v) is 6.54. The van der Waals surface area contributed by atoms with Gasteiger partial charge in [0.2, 0.25) is 10.0 Å². The summed E-state index contributed by atoms with van der Waals surface area (Å²) in [7, 11) is -3.74. The van der Waals surface area contributed by atoms with E-state index in [1.807, 2.05) is 13.8 Å². The van der Waals surface area contributed by atoms with Gasteiger partial charge in [0, 0.05) is 27.2 Å². The van der Waals surface area contributed by atoms with Crippen molar-refractivity contribution in [1.82, 2.24) is 4.31 Å². The zero-order valence-corrected chi connectivity index (χ0v) is 16.0. The van der Waals surface area contributed by atoms with Crippen molar-refractivity contribution in [3.8, 4) is 0 Å². The number of benzene rings is 1. The van der Waals surface area contributed by atoms with Crippen LogP contribution in [0.15, 0.2) is 26.0 Å². The van der Waals surface area contributed by atoms with Gasteiger partial charge in [-0.2, -0.15) is 4.31 Å². The number of hydrogen-bond donors (Lipinski definition) is 2. The minimum absolute atomic E-state index is 0.0674. The number of sulfonamides is 1. The molecule has 8 heteroatoms. The van der Waals surface area contributed by atoms with Crippen LogP contribution in [0.3, 0.4) is 0 Å².